The summed E-state index contributed by atoms with van der Waals surface area (Å²) in [4.78, 5) is 0.252. The highest BCUT2D eigenvalue weighted by Gasteiger charge is 2.07. The molecule has 54 valence electrons. The lowest BCUT2D eigenvalue weighted by Gasteiger charge is -1.88. The molecule has 0 aliphatic heterocycles. The third-order valence-electron chi connectivity index (χ3n) is 1.02. The molecule has 0 saturated carbocycles. The first-order chi connectivity index (χ1) is 4.61. The van der Waals surface area contributed by atoms with Gasteiger partial charge in [-0.1, -0.05) is 0 Å². The Morgan fingerprint density at radius 1 is 1.60 bits per heavy atom. The van der Waals surface area contributed by atoms with Gasteiger partial charge >= 0.3 is 0 Å². The average Bonchev–Trinajstić information content (AvgIpc) is 1.88. The molecule has 0 aliphatic carbocycles. The second-order valence-electron chi connectivity index (χ2n) is 1.89. The monoisotopic (exact) mass is 159 g/mol. The smallest absolute Gasteiger partial charge is 0.212 e. The zero-order valence-corrected chi connectivity index (χ0v) is 6.22. The fourth-order valence-corrected chi connectivity index (χ4v) is 1.11. The Kier molecular flexibility index (Phi) is 1.67. The van der Waals surface area contributed by atoms with Crippen LogP contribution in [0.3, 0.4) is 0 Å². The quantitative estimate of drug-likeness (QED) is 0.544. The van der Waals surface area contributed by atoms with Gasteiger partial charge in [0.2, 0.25) is 6.20 Å². The Morgan fingerprint density at radius 3 is 2.60 bits per heavy atom. The predicted octanol–water partition coefficient (Wildman–Crippen LogP) is -0.701. The van der Waals surface area contributed by atoms with Gasteiger partial charge in [0.25, 0.3) is 0 Å². The summed E-state index contributed by atoms with van der Waals surface area (Å²) in [7, 11) is -3.07. The van der Waals surface area contributed by atoms with Gasteiger partial charge in [-0.2, -0.15) is 0 Å². The van der Waals surface area contributed by atoms with E-state index in [-0.39, 0.29) is 4.90 Å². The molecule has 1 N–H and O–H groups in total. The van der Waals surface area contributed by atoms with Gasteiger partial charge in [0.1, 0.15) is 4.90 Å². The molecule has 0 unspecified atom stereocenters. The van der Waals surface area contributed by atoms with Crippen LogP contribution in [0.1, 0.15) is 0 Å². The molecule has 0 aliphatic rings. The van der Waals surface area contributed by atoms with Gasteiger partial charge in [-0.05, 0) is 11.2 Å². The number of aromatic nitrogens is 2. The van der Waals surface area contributed by atoms with Crippen LogP contribution in [0, 0.1) is 0 Å². The SMILES string of the molecule is CS(=O)(=O)c1ccn[nH+]c1. The van der Waals surface area contributed by atoms with Crippen molar-refractivity contribution in [3.05, 3.63) is 18.5 Å². The molecule has 0 radical (unpaired) electrons. The zero-order chi connectivity index (χ0) is 7.61. The maximum Gasteiger partial charge on any atom is 0.212 e. The normalized spacial score (nSPS) is 11.3. The maximum absolute atomic E-state index is 10.8. The summed E-state index contributed by atoms with van der Waals surface area (Å²) in [5, 5.41) is 6.01. The molecule has 0 saturated heterocycles. The molecule has 0 bridgehead atoms. The van der Waals surface area contributed by atoms with Crippen molar-refractivity contribution in [2.45, 2.75) is 4.90 Å². The molecule has 0 fully saturated rings. The minimum atomic E-state index is -3.07. The van der Waals surface area contributed by atoms with Crippen molar-refractivity contribution in [3.63, 3.8) is 0 Å². The zero-order valence-electron chi connectivity index (χ0n) is 5.40. The van der Waals surface area contributed by atoms with Crippen LogP contribution in [0.4, 0.5) is 0 Å². The van der Waals surface area contributed by atoms with E-state index in [1.807, 2.05) is 0 Å². The molecular formula is C5H7N2O2S+. The van der Waals surface area contributed by atoms with Gasteiger partial charge in [-0.25, -0.2) is 8.42 Å². The molecular weight excluding hydrogens is 152 g/mol. The van der Waals surface area contributed by atoms with Crippen molar-refractivity contribution in [1.29, 1.82) is 0 Å². The fraction of sp³-hybridized carbons (Fsp3) is 0.200. The van der Waals surface area contributed by atoms with Gasteiger partial charge in [0.05, 0.1) is 6.20 Å². The van der Waals surface area contributed by atoms with Gasteiger partial charge in [-0.15, -0.1) is 5.10 Å². The molecule has 0 atom stereocenters. The summed E-state index contributed by atoms with van der Waals surface area (Å²) in [5.74, 6) is 0. The molecule has 10 heavy (non-hydrogen) atoms. The van der Waals surface area contributed by atoms with E-state index in [4.69, 9.17) is 0 Å². The number of H-pyrrole nitrogens is 1. The number of nitrogens with zero attached hydrogens (tertiary/aromatic N) is 1. The van der Waals surface area contributed by atoms with E-state index in [2.05, 4.69) is 10.2 Å². The van der Waals surface area contributed by atoms with Crippen LogP contribution in [0.15, 0.2) is 23.4 Å². The van der Waals surface area contributed by atoms with Gasteiger partial charge in [0.15, 0.2) is 9.84 Å². The van der Waals surface area contributed by atoms with Gasteiger partial charge < -0.3 is 0 Å². The number of sulfone groups is 1. The van der Waals surface area contributed by atoms with Gasteiger partial charge in [-0.3, -0.25) is 0 Å². The number of aromatic amines is 1. The lowest BCUT2D eigenvalue weighted by atomic mass is 10.6. The van der Waals surface area contributed by atoms with Crippen molar-refractivity contribution >= 4 is 9.84 Å². The van der Waals surface area contributed by atoms with Crippen LogP contribution >= 0.6 is 0 Å². The summed E-state index contributed by atoms with van der Waals surface area (Å²) in [6.07, 6.45) is 3.89. The van der Waals surface area contributed by atoms with E-state index < -0.39 is 9.84 Å². The molecule has 0 amide bonds. The second kappa shape index (κ2) is 2.34. The number of hydrogen-bond acceptors (Lipinski definition) is 3. The Morgan fingerprint density at radius 2 is 2.30 bits per heavy atom. The topological polar surface area (TPSA) is 61.2 Å². The lowest BCUT2D eigenvalue weighted by molar-refractivity contribution is -0.457. The summed E-state index contributed by atoms with van der Waals surface area (Å²) in [6, 6.07) is 1.44. The van der Waals surface area contributed by atoms with Crippen LogP contribution in [0.2, 0.25) is 0 Å². The van der Waals surface area contributed by atoms with Crippen molar-refractivity contribution in [3.8, 4) is 0 Å². The number of nitrogens with one attached hydrogen (secondary N) is 1. The minimum Gasteiger partial charge on any atom is -0.224 e. The van der Waals surface area contributed by atoms with E-state index >= 15 is 0 Å². The standard InChI is InChI=1S/C5H6N2O2S/c1-10(8,9)5-2-3-6-7-4-5/h2-4H,1H3/p+1. The third-order valence-corrected chi connectivity index (χ3v) is 2.13. The largest absolute Gasteiger partial charge is 0.224 e. The summed E-state index contributed by atoms with van der Waals surface area (Å²) in [6.45, 7) is 0. The molecule has 0 spiro atoms. The number of hydrogen-bond donors (Lipinski definition) is 0. The molecule has 1 rings (SSSR count). The summed E-state index contributed by atoms with van der Waals surface area (Å²) >= 11 is 0. The molecule has 4 nitrogen and oxygen atoms in total. The molecule has 1 aromatic rings. The fourth-order valence-electron chi connectivity index (χ4n) is 0.533. The van der Waals surface area contributed by atoms with E-state index in [1.54, 1.807) is 0 Å². The van der Waals surface area contributed by atoms with Crippen LogP contribution in [-0.2, 0) is 9.84 Å². The van der Waals surface area contributed by atoms with Crippen LogP contribution in [-0.4, -0.2) is 19.8 Å². The van der Waals surface area contributed by atoms with Crippen molar-refractivity contribution in [2.24, 2.45) is 0 Å². The Hall–Kier alpha value is -0.970. The summed E-state index contributed by atoms with van der Waals surface area (Å²) in [5.41, 5.74) is 0. The van der Waals surface area contributed by atoms with E-state index in [1.165, 1.54) is 18.5 Å². The Balaban J connectivity index is 3.22. The Labute approximate surface area is 58.8 Å². The molecule has 1 aromatic heterocycles. The Bertz CT molecular complexity index is 306. The molecule has 5 heteroatoms. The van der Waals surface area contributed by atoms with E-state index in [0.29, 0.717) is 0 Å². The highest BCUT2D eigenvalue weighted by Crippen LogP contribution is 2.00. The summed E-state index contributed by atoms with van der Waals surface area (Å²) < 4.78 is 21.6. The first-order valence-electron chi connectivity index (χ1n) is 2.63. The van der Waals surface area contributed by atoms with Crippen molar-refractivity contribution in [2.75, 3.05) is 6.26 Å². The second-order valence-corrected chi connectivity index (χ2v) is 3.91. The molecule has 1 heterocycles. The average molecular weight is 159 g/mol. The predicted molar refractivity (Wildman–Crippen MR) is 33.9 cm³/mol. The van der Waals surface area contributed by atoms with Crippen LogP contribution < -0.4 is 5.10 Å². The van der Waals surface area contributed by atoms with E-state index in [9.17, 15) is 8.42 Å². The van der Waals surface area contributed by atoms with E-state index in [0.717, 1.165) is 6.26 Å². The third kappa shape index (κ3) is 1.51. The van der Waals surface area contributed by atoms with Crippen LogP contribution in [0.5, 0.6) is 0 Å². The van der Waals surface area contributed by atoms with Crippen LogP contribution in [0.25, 0.3) is 0 Å². The van der Waals surface area contributed by atoms with Gasteiger partial charge in [0, 0.05) is 6.26 Å². The highest BCUT2D eigenvalue weighted by molar-refractivity contribution is 7.90. The highest BCUT2D eigenvalue weighted by atomic mass is 32.2. The van der Waals surface area contributed by atoms with Crippen molar-refractivity contribution < 1.29 is 13.5 Å². The maximum atomic E-state index is 10.8. The first kappa shape index (κ1) is 7.14. The minimum absolute atomic E-state index is 0.252. The molecule has 0 aromatic carbocycles. The number of rotatable bonds is 1. The first-order valence-corrected chi connectivity index (χ1v) is 4.52. The lowest BCUT2D eigenvalue weighted by Crippen LogP contribution is -2.09. The van der Waals surface area contributed by atoms with Crippen molar-refractivity contribution in [1.82, 2.24) is 5.10 Å².